The van der Waals surface area contributed by atoms with Gasteiger partial charge in [-0.2, -0.15) is 0 Å². The third-order valence-electron chi connectivity index (χ3n) is 3.83. The largest absolute Gasteiger partial charge is 0.481 e. The Hall–Kier alpha value is -2.67. The average molecular weight is 374 g/mol. The molecule has 2 aromatic rings. The van der Waals surface area contributed by atoms with Gasteiger partial charge in [-0.3, -0.25) is 14.4 Å². The Morgan fingerprint density at radius 3 is 2.35 bits per heavy atom. The summed E-state index contributed by atoms with van der Waals surface area (Å²) in [4.78, 5) is 35.9. The van der Waals surface area contributed by atoms with Crippen LogP contribution in [0.25, 0.3) is 0 Å². The van der Waals surface area contributed by atoms with Crippen molar-refractivity contribution < 1.29 is 19.5 Å². The Morgan fingerprint density at radius 1 is 1.12 bits per heavy atom. The molecule has 1 atom stereocenters. The molecule has 0 radical (unpaired) electrons. The molecule has 3 N–H and O–H groups in total. The lowest BCUT2D eigenvalue weighted by Crippen LogP contribution is -2.46. The molecule has 6 nitrogen and oxygen atoms in total. The molecule has 0 aliphatic rings. The number of anilines is 1. The van der Waals surface area contributed by atoms with Crippen LogP contribution in [0.1, 0.15) is 35.5 Å². The lowest BCUT2D eigenvalue weighted by atomic mass is 10.0. The normalized spacial score (nSPS) is 11.8. The summed E-state index contributed by atoms with van der Waals surface area (Å²) in [6, 6.07) is 9.87. The predicted molar refractivity (Wildman–Crippen MR) is 101 cm³/mol. The highest BCUT2D eigenvalue weighted by Crippen LogP contribution is 2.14. The second-order valence-corrected chi connectivity index (χ2v) is 7.20. The molecule has 2 rings (SSSR count). The molecule has 0 aliphatic heterocycles. The summed E-state index contributed by atoms with van der Waals surface area (Å²) in [5.74, 6) is -1.47. The minimum absolute atomic E-state index is 0.0654. The maximum atomic E-state index is 12.6. The van der Waals surface area contributed by atoms with Gasteiger partial charge in [0.05, 0.1) is 4.88 Å². The number of hydrogen-bond donors (Lipinski definition) is 3. The second kappa shape index (κ2) is 9.15. The smallest absolute Gasteiger partial charge is 0.303 e. The standard InChI is InChI=1S/C19H22N2O4S/c1-12(2)17(21-18(24)15-4-3-11-26-15)19(25)20-14-8-5-13(6-9-14)7-10-16(22)23/h3-6,8-9,11-12,17H,7,10H2,1-2H3,(H,20,25)(H,21,24)(H,22,23). The topological polar surface area (TPSA) is 95.5 Å². The van der Waals surface area contributed by atoms with Gasteiger partial charge in [0.15, 0.2) is 0 Å². The number of carbonyl (C=O) groups excluding carboxylic acids is 2. The summed E-state index contributed by atoms with van der Waals surface area (Å²) in [6.07, 6.45) is 0.505. The molecule has 138 valence electrons. The van der Waals surface area contributed by atoms with Crippen molar-refractivity contribution in [2.45, 2.75) is 32.7 Å². The zero-order valence-corrected chi connectivity index (χ0v) is 15.5. The number of aliphatic carboxylic acids is 1. The highest BCUT2D eigenvalue weighted by molar-refractivity contribution is 7.12. The van der Waals surface area contributed by atoms with Crippen LogP contribution in [-0.4, -0.2) is 28.9 Å². The van der Waals surface area contributed by atoms with Gasteiger partial charge in [-0.25, -0.2) is 0 Å². The van der Waals surface area contributed by atoms with Crippen molar-refractivity contribution in [2.24, 2.45) is 5.92 Å². The fraction of sp³-hybridized carbons (Fsp3) is 0.316. The van der Waals surface area contributed by atoms with Crippen LogP contribution in [0.2, 0.25) is 0 Å². The fourth-order valence-electron chi connectivity index (χ4n) is 2.38. The Balaban J connectivity index is 1.98. The summed E-state index contributed by atoms with van der Waals surface area (Å²) < 4.78 is 0. The summed E-state index contributed by atoms with van der Waals surface area (Å²) >= 11 is 1.32. The molecule has 0 aliphatic carbocycles. The monoisotopic (exact) mass is 374 g/mol. The van der Waals surface area contributed by atoms with Gasteiger partial charge in [0.2, 0.25) is 5.91 Å². The molecule has 1 aromatic heterocycles. The van der Waals surface area contributed by atoms with Crippen molar-refractivity contribution in [2.75, 3.05) is 5.32 Å². The molecule has 2 amide bonds. The van der Waals surface area contributed by atoms with E-state index in [0.29, 0.717) is 17.0 Å². The number of thiophene rings is 1. The minimum atomic E-state index is -0.844. The Morgan fingerprint density at radius 2 is 1.81 bits per heavy atom. The van der Waals surface area contributed by atoms with Crippen LogP contribution in [0.5, 0.6) is 0 Å². The number of carbonyl (C=O) groups is 3. The zero-order chi connectivity index (χ0) is 19.1. The maximum Gasteiger partial charge on any atom is 0.303 e. The average Bonchev–Trinajstić information content (AvgIpc) is 3.13. The van der Waals surface area contributed by atoms with E-state index < -0.39 is 12.0 Å². The zero-order valence-electron chi connectivity index (χ0n) is 14.7. The minimum Gasteiger partial charge on any atom is -0.481 e. The molecule has 26 heavy (non-hydrogen) atoms. The lowest BCUT2D eigenvalue weighted by molar-refractivity contribution is -0.137. The third kappa shape index (κ3) is 5.70. The Kier molecular flexibility index (Phi) is 6.91. The van der Waals surface area contributed by atoms with E-state index in [9.17, 15) is 14.4 Å². The summed E-state index contributed by atoms with van der Waals surface area (Å²) in [6.45, 7) is 3.74. The number of amides is 2. The van der Waals surface area contributed by atoms with Crippen molar-refractivity contribution in [3.05, 3.63) is 52.2 Å². The number of benzene rings is 1. The Bertz CT molecular complexity index is 754. The van der Waals surface area contributed by atoms with Gasteiger partial charge in [-0.05, 0) is 41.5 Å². The molecule has 1 aromatic carbocycles. The van der Waals surface area contributed by atoms with Gasteiger partial charge in [0, 0.05) is 12.1 Å². The van der Waals surface area contributed by atoms with Crippen LogP contribution in [0.4, 0.5) is 5.69 Å². The number of carboxylic acids is 1. The van der Waals surface area contributed by atoms with E-state index in [-0.39, 0.29) is 24.2 Å². The Labute approximate surface area is 156 Å². The SMILES string of the molecule is CC(C)C(NC(=O)c1cccs1)C(=O)Nc1ccc(CCC(=O)O)cc1. The van der Waals surface area contributed by atoms with E-state index in [2.05, 4.69) is 10.6 Å². The van der Waals surface area contributed by atoms with Crippen molar-refractivity contribution in [1.82, 2.24) is 5.32 Å². The molecule has 0 saturated carbocycles. The van der Waals surface area contributed by atoms with Crippen molar-refractivity contribution in [1.29, 1.82) is 0 Å². The summed E-state index contributed by atoms with van der Waals surface area (Å²) in [7, 11) is 0. The number of carboxylic acid groups (broad SMARTS) is 1. The molecular weight excluding hydrogens is 352 g/mol. The van der Waals surface area contributed by atoms with E-state index in [1.165, 1.54) is 11.3 Å². The van der Waals surface area contributed by atoms with Crippen LogP contribution < -0.4 is 10.6 Å². The first kappa shape index (κ1) is 19.7. The van der Waals surface area contributed by atoms with Gasteiger partial charge >= 0.3 is 5.97 Å². The predicted octanol–water partition coefficient (Wildman–Crippen LogP) is 3.16. The van der Waals surface area contributed by atoms with E-state index in [0.717, 1.165) is 5.56 Å². The molecule has 0 bridgehead atoms. The molecule has 0 saturated heterocycles. The lowest BCUT2D eigenvalue weighted by Gasteiger charge is -2.21. The summed E-state index contributed by atoms with van der Waals surface area (Å²) in [5, 5.41) is 16.1. The van der Waals surface area contributed by atoms with E-state index in [1.54, 1.807) is 36.4 Å². The van der Waals surface area contributed by atoms with Crippen LogP contribution in [0.3, 0.4) is 0 Å². The second-order valence-electron chi connectivity index (χ2n) is 6.25. The van der Waals surface area contributed by atoms with E-state index in [1.807, 2.05) is 19.2 Å². The first-order chi connectivity index (χ1) is 12.4. The van der Waals surface area contributed by atoms with Gasteiger partial charge in [0.1, 0.15) is 6.04 Å². The van der Waals surface area contributed by atoms with Crippen molar-refractivity contribution >= 4 is 34.8 Å². The number of rotatable bonds is 8. The number of hydrogen-bond acceptors (Lipinski definition) is 4. The van der Waals surface area contributed by atoms with Gasteiger partial charge in [-0.15, -0.1) is 11.3 Å². The quantitative estimate of drug-likeness (QED) is 0.661. The molecule has 1 unspecified atom stereocenters. The van der Waals surface area contributed by atoms with Crippen molar-refractivity contribution in [3.63, 3.8) is 0 Å². The molecule has 1 heterocycles. The fourth-order valence-corrected chi connectivity index (χ4v) is 3.01. The molecule has 0 fully saturated rings. The number of nitrogens with one attached hydrogen (secondary N) is 2. The maximum absolute atomic E-state index is 12.6. The van der Waals surface area contributed by atoms with Gasteiger partial charge < -0.3 is 15.7 Å². The van der Waals surface area contributed by atoms with Crippen LogP contribution in [0, 0.1) is 5.92 Å². The molecule has 0 spiro atoms. The van der Waals surface area contributed by atoms with E-state index in [4.69, 9.17) is 5.11 Å². The highest BCUT2D eigenvalue weighted by atomic mass is 32.1. The molecule has 7 heteroatoms. The first-order valence-electron chi connectivity index (χ1n) is 8.33. The third-order valence-corrected chi connectivity index (χ3v) is 4.70. The highest BCUT2D eigenvalue weighted by Gasteiger charge is 2.25. The number of aryl methyl sites for hydroxylation is 1. The molecular formula is C19H22N2O4S. The van der Waals surface area contributed by atoms with Gasteiger partial charge in [0.25, 0.3) is 5.91 Å². The van der Waals surface area contributed by atoms with E-state index >= 15 is 0 Å². The van der Waals surface area contributed by atoms with Crippen LogP contribution in [-0.2, 0) is 16.0 Å². The van der Waals surface area contributed by atoms with Crippen LogP contribution >= 0.6 is 11.3 Å². The van der Waals surface area contributed by atoms with Gasteiger partial charge in [-0.1, -0.05) is 32.0 Å². The van der Waals surface area contributed by atoms with Crippen molar-refractivity contribution in [3.8, 4) is 0 Å². The van der Waals surface area contributed by atoms with Crippen LogP contribution in [0.15, 0.2) is 41.8 Å². The first-order valence-corrected chi connectivity index (χ1v) is 9.20. The summed E-state index contributed by atoms with van der Waals surface area (Å²) in [5.41, 5.74) is 1.49.